The number of nitrogens with zero attached hydrogens (tertiary/aromatic N) is 2. The van der Waals surface area contributed by atoms with Crippen LogP contribution in [0, 0.1) is 13.8 Å². The molecule has 8 nitrogen and oxygen atoms in total. The van der Waals surface area contributed by atoms with Gasteiger partial charge in [-0.3, -0.25) is 14.3 Å². The molecule has 0 radical (unpaired) electrons. The molecule has 2 aromatic carbocycles. The monoisotopic (exact) mass is 394 g/mol. The molecule has 0 aliphatic rings. The highest BCUT2D eigenvalue weighted by molar-refractivity contribution is 5.98. The highest BCUT2D eigenvalue weighted by Gasteiger charge is 2.19. The van der Waals surface area contributed by atoms with Gasteiger partial charge in [-0.2, -0.15) is 0 Å². The van der Waals surface area contributed by atoms with Crippen molar-refractivity contribution in [2.45, 2.75) is 13.8 Å². The van der Waals surface area contributed by atoms with Crippen LogP contribution in [0.15, 0.2) is 53.3 Å². The number of hydrogen-bond acceptors (Lipinski definition) is 5. The zero-order chi connectivity index (χ0) is 21.1. The quantitative estimate of drug-likeness (QED) is 0.509. The Labute approximate surface area is 167 Å². The largest absolute Gasteiger partial charge is 0.452 e. The van der Waals surface area contributed by atoms with Gasteiger partial charge in [0.1, 0.15) is 5.69 Å². The van der Waals surface area contributed by atoms with Crippen molar-refractivity contribution in [1.29, 1.82) is 0 Å². The fraction of sp³-hybridized carbons (Fsp3) is 0.190. The Bertz CT molecular complexity index is 1130. The number of nitrogens with two attached hydrogens (primary N) is 1. The molecule has 0 saturated heterocycles. The summed E-state index contributed by atoms with van der Waals surface area (Å²) in [6.45, 7) is 2.95. The van der Waals surface area contributed by atoms with E-state index in [0.717, 1.165) is 5.56 Å². The van der Waals surface area contributed by atoms with Crippen molar-refractivity contribution in [3.8, 4) is 5.69 Å². The topological polar surface area (TPSA) is 108 Å². The van der Waals surface area contributed by atoms with E-state index >= 15 is 0 Å². The number of esters is 1. The lowest BCUT2D eigenvalue weighted by atomic mass is 10.1. The molecule has 1 heterocycles. The minimum atomic E-state index is -0.701. The standard InChI is InChI=1S/C21H22N4O4/c1-13-8-7-11-16(18(13)22)21(28)29-12-17(26)23-19-14(2)24(3)25(20(19)27)15-9-5-4-6-10-15/h4-11H,12,22H2,1-3H3,(H,23,26). The molecule has 1 aromatic heterocycles. The van der Waals surface area contributed by atoms with Crippen LogP contribution in [0.1, 0.15) is 21.6 Å². The summed E-state index contributed by atoms with van der Waals surface area (Å²) in [5.74, 6) is -1.32. The predicted molar refractivity (Wildman–Crippen MR) is 110 cm³/mol. The van der Waals surface area contributed by atoms with Crippen molar-refractivity contribution >= 4 is 23.3 Å². The van der Waals surface area contributed by atoms with E-state index in [1.54, 1.807) is 49.8 Å². The molecule has 3 rings (SSSR count). The van der Waals surface area contributed by atoms with Crippen molar-refractivity contribution in [2.75, 3.05) is 17.7 Å². The molecule has 0 spiro atoms. The Morgan fingerprint density at radius 1 is 1.07 bits per heavy atom. The van der Waals surface area contributed by atoms with Crippen LogP contribution in [0.25, 0.3) is 5.69 Å². The summed E-state index contributed by atoms with van der Waals surface area (Å²) >= 11 is 0. The van der Waals surface area contributed by atoms with Gasteiger partial charge < -0.3 is 15.8 Å². The summed E-state index contributed by atoms with van der Waals surface area (Å²) in [5, 5.41) is 2.54. The lowest BCUT2D eigenvalue weighted by Gasteiger charge is -2.09. The molecule has 0 atom stereocenters. The van der Waals surface area contributed by atoms with Gasteiger partial charge in [-0.25, -0.2) is 9.48 Å². The number of anilines is 2. The number of rotatable bonds is 5. The normalized spacial score (nSPS) is 10.6. The van der Waals surface area contributed by atoms with E-state index in [-0.39, 0.29) is 16.8 Å². The van der Waals surface area contributed by atoms with Gasteiger partial charge >= 0.3 is 5.97 Å². The molecule has 3 aromatic rings. The third-order valence-electron chi connectivity index (χ3n) is 4.70. The molecule has 0 unspecified atom stereocenters. The van der Waals surface area contributed by atoms with Crippen LogP contribution in [-0.2, 0) is 16.6 Å². The lowest BCUT2D eigenvalue weighted by molar-refractivity contribution is -0.119. The van der Waals surface area contributed by atoms with Gasteiger partial charge in [0, 0.05) is 12.7 Å². The van der Waals surface area contributed by atoms with Gasteiger partial charge in [0.15, 0.2) is 6.61 Å². The van der Waals surface area contributed by atoms with Gasteiger partial charge in [-0.15, -0.1) is 0 Å². The van der Waals surface area contributed by atoms with Gasteiger partial charge in [-0.05, 0) is 37.6 Å². The third-order valence-corrected chi connectivity index (χ3v) is 4.70. The maximum Gasteiger partial charge on any atom is 0.340 e. The van der Waals surface area contributed by atoms with E-state index in [0.29, 0.717) is 17.1 Å². The number of ether oxygens (including phenoxy) is 1. The number of carbonyl (C=O) groups excluding carboxylic acids is 2. The zero-order valence-electron chi connectivity index (χ0n) is 16.4. The van der Waals surface area contributed by atoms with Crippen molar-refractivity contribution < 1.29 is 14.3 Å². The minimum Gasteiger partial charge on any atom is -0.452 e. The van der Waals surface area contributed by atoms with Crippen LogP contribution in [0.2, 0.25) is 0 Å². The number of aromatic nitrogens is 2. The molecule has 1 amide bonds. The lowest BCUT2D eigenvalue weighted by Crippen LogP contribution is -2.26. The molecule has 0 fully saturated rings. The number of aryl methyl sites for hydroxylation is 1. The highest BCUT2D eigenvalue weighted by Crippen LogP contribution is 2.17. The maximum absolute atomic E-state index is 12.8. The summed E-state index contributed by atoms with van der Waals surface area (Å²) in [5.41, 5.74) is 8.12. The molecule has 8 heteroatoms. The van der Waals surface area contributed by atoms with E-state index in [9.17, 15) is 14.4 Å². The van der Waals surface area contributed by atoms with E-state index in [2.05, 4.69) is 5.32 Å². The van der Waals surface area contributed by atoms with Crippen LogP contribution in [-0.4, -0.2) is 27.8 Å². The second kappa shape index (κ2) is 8.05. The first kappa shape index (κ1) is 19.9. The molecule has 0 bridgehead atoms. The van der Waals surface area contributed by atoms with Gasteiger partial charge in [0.05, 0.1) is 16.9 Å². The van der Waals surface area contributed by atoms with Crippen molar-refractivity contribution in [3.05, 3.63) is 75.7 Å². The number of hydrogen-bond donors (Lipinski definition) is 2. The molecule has 3 N–H and O–H groups in total. The van der Waals surface area contributed by atoms with Crippen molar-refractivity contribution in [1.82, 2.24) is 9.36 Å². The smallest absolute Gasteiger partial charge is 0.340 e. The highest BCUT2D eigenvalue weighted by atomic mass is 16.5. The SMILES string of the molecule is Cc1cccc(C(=O)OCC(=O)Nc2c(C)n(C)n(-c3ccccc3)c2=O)c1N. The summed E-state index contributed by atoms with van der Waals surface area (Å²) in [6, 6.07) is 14.1. The summed E-state index contributed by atoms with van der Waals surface area (Å²) < 4.78 is 8.15. The van der Waals surface area contributed by atoms with Gasteiger partial charge in [-0.1, -0.05) is 30.3 Å². The molecule has 0 saturated carbocycles. The molecule has 150 valence electrons. The predicted octanol–water partition coefficient (Wildman–Crippen LogP) is 2.17. The van der Waals surface area contributed by atoms with E-state index < -0.39 is 18.5 Å². The first-order chi connectivity index (χ1) is 13.8. The van der Waals surface area contributed by atoms with Crippen molar-refractivity contribution in [3.63, 3.8) is 0 Å². The molecule has 0 aliphatic heterocycles. The number of para-hydroxylation sites is 2. The van der Waals surface area contributed by atoms with Crippen LogP contribution >= 0.6 is 0 Å². The Kier molecular flexibility index (Phi) is 5.54. The third kappa shape index (κ3) is 3.91. The van der Waals surface area contributed by atoms with Gasteiger partial charge in [0.2, 0.25) is 0 Å². The summed E-state index contributed by atoms with van der Waals surface area (Å²) in [7, 11) is 1.72. The fourth-order valence-corrected chi connectivity index (χ4v) is 2.96. The Balaban J connectivity index is 1.74. The second-order valence-corrected chi connectivity index (χ2v) is 6.60. The van der Waals surface area contributed by atoms with Crippen LogP contribution in [0.4, 0.5) is 11.4 Å². The number of carbonyl (C=O) groups is 2. The maximum atomic E-state index is 12.8. The van der Waals surface area contributed by atoms with E-state index in [1.807, 2.05) is 18.2 Å². The molecule has 29 heavy (non-hydrogen) atoms. The Morgan fingerprint density at radius 2 is 1.76 bits per heavy atom. The minimum absolute atomic E-state index is 0.132. The number of nitrogen functional groups attached to an aromatic ring is 1. The van der Waals surface area contributed by atoms with E-state index in [4.69, 9.17) is 10.5 Å². The average molecular weight is 394 g/mol. The number of amides is 1. The first-order valence-corrected chi connectivity index (χ1v) is 8.97. The van der Waals surface area contributed by atoms with Crippen LogP contribution in [0.5, 0.6) is 0 Å². The Morgan fingerprint density at radius 3 is 2.45 bits per heavy atom. The first-order valence-electron chi connectivity index (χ1n) is 8.97. The average Bonchev–Trinajstić information content (AvgIpc) is 2.92. The molecular weight excluding hydrogens is 372 g/mol. The number of benzene rings is 2. The Hall–Kier alpha value is -3.81. The molecule has 0 aliphatic carbocycles. The zero-order valence-corrected chi connectivity index (χ0v) is 16.4. The number of nitrogens with one attached hydrogen (secondary N) is 1. The van der Waals surface area contributed by atoms with Crippen LogP contribution < -0.4 is 16.6 Å². The van der Waals surface area contributed by atoms with E-state index in [1.165, 1.54) is 10.7 Å². The summed E-state index contributed by atoms with van der Waals surface area (Å²) in [6.07, 6.45) is 0. The summed E-state index contributed by atoms with van der Waals surface area (Å²) in [4.78, 5) is 37.3. The molecular formula is C21H22N4O4. The van der Waals surface area contributed by atoms with Crippen LogP contribution in [0.3, 0.4) is 0 Å². The van der Waals surface area contributed by atoms with Crippen molar-refractivity contribution in [2.24, 2.45) is 7.05 Å². The second-order valence-electron chi connectivity index (χ2n) is 6.60. The van der Waals surface area contributed by atoms with Gasteiger partial charge in [0.25, 0.3) is 11.5 Å². The fourth-order valence-electron chi connectivity index (χ4n) is 2.96.